The molecule has 0 bridgehead atoms. The minimum Gasteiger partial charge on any atom is -0.396 e. The molecule has 19 heavy (non-hydrogen) atoms. The number of anilines is 2. The molecule has 0 saturated carbocycles. The van der Waals surface area contributed by atoms with E-state index in [0.717, 1.165) is 19.2 Å². The molecule has 2 unspecified atom stereocenters. The monoisotopic (exact) mass is 284 g/mol. The van der Waals surface area contributed by atoms with Gasteiger partial charge in [0, 0.05) is 12.8 Å². The van der Waals surface area contributed by atoms with E-state index in [1.807, 2.05) is 11.0 Å². The number of nitrogen functional groups attached to an aromatic ring is 1. The topological polar surface area (TPSA) is 83.6 Å². The third-order valence-electron chi connectivity index (χ3n) is 3.82. The summed E-state index contributed by atoms with van der Waals surface area (Å²) in [5, 5.41) is 9.49. The van der Waals surface area contributed by atoms with Crippen LogP contribution in [0.4, 0.5) is 11.4 Å². The van der Waals surface area contributed by atoms with Gasteiger partial charge < -0.3 is 15.7 Å². The molecule has 3 N–H and O–H groups in total. The quantitative estimate of drug-likeness (QED) is 0.805. The molecule has 2 rings (SSSR count). The van der Waals surface area contributed by atoms with Crippen molar-refractivity contribution in [2.24, 2.45) is 5.92 Å². The van der Waals surface area contributed by atoms with Crippen LogP contribution >= 0.6 is 0 Å². The van der Waals surface area contributed by atoms with Gasteiger partial charge in [-0.15, -0.1) is 0 Å². The molecule has 1 aliphatic rings. The largest absolute Gasteiger partial charge is 0.396 e. The number of hydrogen-bond acceptors (Lipinski definition) is 5. The molecule has 0 aliphatic carbocycles. The number of sulfone groups is 1. The molecule has 0 radical (unpaired) electrons. The summed E-state index contributed by atoms with van der Waals surface area (Å²) in [6.45, 7) is 2.91. The number of nitrogens with zero attached hydrogens (tertiary/aromatic N) is 1. The lowest BCUT2D eigenvalue weighted by Crippen LogP contribution is -2.35. The number of aliphatic hydroxyl groups excluding tert-OH is 1. The Hall–Kier alpha value is -1.27. The van der Waals surface area contributed by atoms with Crippen LogP contribution in [-0.4, -0.2) is 39.0 Å². The standard InChI is InChI=1S/C13H20N2O3S/c1-9-6-7-15(11(9)8-16)10-4-3-5-12(13(10)14)19(2,17)18/h3-5,9,11,16H,6-8,14H2,1-2H3. The number of hydrogen-bond donors (Lipinski definition) is 2. The second-order valence-corrected chi connectivity index (χ2v) is 7.15. The minimum absolute atomic E-state index is 0.00268. The molecule has 1 fully saturated rings. The van der Waals surface area contributed by atoms with Crippen LogP contribution < -0.4 is 10.6 Å². The summed E-state index contributed by atoms with van der Waals surface area (Å²) < 4.78 is 23.4. The maximum atomic E-state index is 11.7. The van der Waals surface area contributed by atoms with Crippen LogP contribution in [0.5, 0.6) is 0 Å². The molecular formula is C13H20N2O3S. The summed E-state index contributed by atoms with van der Waals surface area (Å²) in [6.07, 6.45) is 2.12. The number of rotatable bonds is 3. The first-order valence-corrected chi connectivity index (χ1v) is 8.21. The van der Waals surface area contributed by atoms with E-state index in [2.05, 4.69) is 6.92 Å². The molecule has 1 aliphatic heterocycles. The predicted octanol–water partition coefficient (Wildman–Crippen LogP) is 0.879. The summed E-state index contributed by atoms with van der Waals surface area (Å²) in [6, 6.07) is 5.02. The van der Waals surface area contributed by atoms with Crippen molar-refractivity contribution in [2.75, 3.05) is 30.0 Å². The highest BCUT2D eigenvalue weighted by Gasteiger charge is 2.32. The van der Waals surface area contributed by atoms with Crippen LogP contribution in [0.1, 0.15) is 13.3 Å². The van der Waals surface area contributed by atoms with Gasteiger partial charge in [-0.3, -0.25) is 0 Å². The number of aliphatic hydroxyl groups is 1. The highest BCUT2D eigenvalue weighted by Crippen LogP contribution is 2.36. The summed E-state index contributed by atoms with van der Waals surface area (Å²) in [5.41, 5.74) is 6.98. The fourth-order valence-electron chi connectivity index (χ4n) is 2.69. The van der Waals surface area contributed by atoms with Crippen molar-refractivity contribution in [3.8, 4) is 0 Å². The van der Waals surface area contributed by atoms with Gasteiger partial charge in [-0.05, 0) is 24.5 Å². The normalized spacial score (nSPS) is 23.8. The van der Waals surface area contributed by atoms with E-state index in [9.17, 15) is 13.5 Å². The lowest BCUT2D eigenvalue weighted by molar-refractivity contribution is 0.245. The van der Waals surface area contributed by atoms with Crippen molar-refractivity contribution in [1.82, 2.24) is 0 Å². The molecule has 1 aromatic rings. The molecule has 2 atom stereocenters. The molecule has 0 aromatic heterocycles. The Morgan fingerprint density at radius 2 is 2.16 bits per heavy atom. The Morgan fingerprint density at radius 1 is 1.47 bits per heavy atom. The maximum Gasteiger partial charge on any atom is 0.177 e. The van der Waals surface area contributed by atoms with Crippen LogP contribution in [-0.2, 0) is 9.84 Å². The third-order valence-corrected chi connectivity index (χ3v) is 4.98. The van der Waals surface area contributed by atoms with E-state index in [1.54, 1.807) is 6.07 Å². The van der Waals surface area contributed by atoms with E-state index >= 15 is 0 Å². The van der Waals surface area contributed by atoms with E-state index in [4.69, 9.17) is 5.73 Å². The molecule has 1 aromatic carbocycles. The molecule has 1 heterocycles. The van der Waals surface area contributed by atoms with Crippen molar-refractivity contribution >= 4 is 21.2 Å². The van der Waals surface area contributed by atoms with E-state index in [0.29, 0.717) is 11.6 Å². The van der Waals surface area contributed by atoms with Gasteiger partial charge in [-0.1, -0.05) is 13.0 Å². The van der Waals surface area contributed by atoms with Crippen molar-refractivity contribution in [2.45, 2.75) is 24.3 Å². The highest BCUT2D eigenvalue weighted by molar-refractivity contribution is 7.90. The number of nitrogens with two attached hydrogens (primary N) is 1. The summed E-state index contributed by atoms with van der Waals surface area (Å²) in [7, 11) is -3.34. The zero-order valence-electron chi connectivity index (χ0n) is 11.2. The van der Waals surface area contributed by atoms with Gasteiger partial charge >= 0.3 is 0 Å². The summed E-state index contributed by atoms with van der Waals surface area (Å²) in [4.78, 5) is 2.16. The van der Waals surface area contributed by atoms with Crippen LogP contribution in [0.15, 0.2) is 23.1 Å². The molecule has 1 saturated heterocycles. The third kappa shape index (κ3) is 2.55. The molecule has 0 spiro atoms. The fraction of sp³-hybridized carbons (Fsp3) is 0.538. The average Bonchev–Trinajstić information content (AvgIpc) is 2.69. The van der Waals surface area contributed by atoms with Crippen LogP contribution in [0.3, 0.4) is 0 Å². The van der Waals surface area contributed by atoms with Gasteiger partial charge in [0.25, 0.3) is 0 Å². The van der Waals surface area contributed by atoms with Gasteiger partial charge in [-0.2, -0.15) is 0 Å². The molecule has 0 amide bonds. The molecule has 5 nitrogen and oxygen atoms in total. The Kier molecular flexibility index (Phi) is 3.73. The lowest BCUT2D eigenvalue weighted by atomic mass is 10.0. The van der Waals surface area contributed by atoms with E-state index < -0.39 is 9.84 Å². The second-order valence-electron chi connectivity index (χ2n) is 5.17. The lowest BCUT2D eigenvalue weighted by Gasteiger charge is -2.29. The maximum absolute atomic E-state index is 11.7. The Morgan fingerprint density at radius 3 is 2.74 bits per heavy atom. The zero-order valence-corrected chi connectivity index (χ0v) is 12.0. The van der Waals surface area contributed by atoms with Gasteiger partial charge in [0.2, 0.25) is 0 Å². The first-order valence-electron chi connectivity index (χ1n) is 6.32. The Labute approximate surface area is 113 Å². The van der Waals surface area contributed by atoms with E-state index in [1.165, 1.54) is 6.07 Å². The average molecular weight is 284 g/mol. The first kappa shape index (κ1) is 14.1. The second kappa shape index (κ2) is 5.02. The van der Waals surface area contributed by atoms with Gasteiger partial charge in [0.05, 0.1) is 28.9 Å². The molecule has 106 valence electrons. The predicted molar refractivity (Wildman–Crippen MR) is 76.0 cm³/mol. The fourth-order valence-corrected chi connectivity index (χ4v) is 3.52. The summed E-state index contributed by atoms with van der Waals surface area (Å²) in [5.74, 6) is 0.367. The van der Waals surface area contributed by atoms with Crippen LogP contribution in [0.25, 0.3) is 0 Å². The van der Waals surface area contributed by atoms with Crippen molar-refractivity contribution in [3.63, 3.8) is 0 Å². The van der Waals surface area contributed by atoms with Gasteiger partial charge in [0.1, 0.15) is 0 Å². The van der Waals surface area contributed by atoms with Crippen molar-refractivity contribution in [1.29, 1.82) is 0 Å². The van der Waals surface area contributed by atoms with E-state index in [-0.39, 0.29) is 23.2 Å². The minimum atomic E-state index is -3.34. The van der Waals surface area contributed by atoms with Gasteiger partial charge in [0.15, 0.2) is 9.84 Å². The molecular weight excluding hydrogens is 264 g/mol. The van der Waals surface area contributed by atoms with Crippen LogP contribution in [0, 0.1) is 5.92 Å². The van der Waals surface area contributed by atoms with Crippen molar-refractivity contribution < 1.29 is 13.5 Å². The van der Waals surface area contributed by atoms with Crippen molar-refractivity contribution in [3.05, 3.63) is 18.2 Å². The first-order chi connectivity index (χ1) is 8.86. The molecule has 6 heteroatoms. The Bertz CT molecular complexity index is 571. The smallest absolute Gasteiger partial charge is 0.177 e. The highest BCUT2D eigenvalue weighted by atomic mass is 32.2. The Balaban J connectivity index is 2.47. The van der Waals surface area contributed by atoms with Crippen LogP contribution in [0.2, 0.25) is 0 Å². The SMILES string of the molecule is CC1CCN(c2cccc(S(C)(=O)=O)c2N)C1CO. The number of benzene rings is 1. The number of para-hydroxylation sites is 1. The van der Waals surface area contributed by atoms with Gasteiger partial charge in [-0.25, -0.2) is 8.42 Å². The zero-order chi connectivity index (χ0) is 14.2. The summed E-state index contributed by atoms with van der Waals surface area (Å²) >= 11 is 0.